The Bertz CT molecular complexity index is 442. The molecule has 3 rings (SSSR count). The van der Waals surface area contributed by atoms with Gasteiger partial charge in [0.1, 0.15) is 0 Å². The minimum atomic E-state index is 0.218. The number of thiophene rings is 1. The summed E-state index contributed by atoms with van der Waals surface area (Å²) in [6, 6.07) is 2.21. The third-order valence-corrected chi connectivity index (χ3v) is 7.84. The molecule has 0 nitrogen and oxygen atoms in total. The van der Waals surface area contributed by atoms with Crippen LogP contribution in [0.3, 0.4) is 0 Å². The molecule has 2 fully saturated rings. The fraction of sp³-hybridized carbons (Fsp3) is 0.750. The van der Waals surface area contributed by atoms with E-state index in [0.717, 1.165) is 11.8 Å². The first-order valence-electron chi connectivity index (χ1n) is 7.55. The molecule has 0 saturated heterocycles. The van der Waals surface area contributed by atoms with E-state index in [0.29, 0.717) is 5.92 Å². The summed E-state index contributed by atoms with van der Waals surface area (Å²) in [5.74, 6) is 2.67. The van der Waals surface area contributed by atoms with Crippen molar-refractivity contribution in [2.75, 3.05) is 0 Å². The summed E-state index contributed by atoms with van der Waals surface area (Å²) in [4.78, 5) is 2.72. The SMILES string of the molecule is Cc1cc(Br)c(C(Cl)C2CCC3CCCCC3C2)s1. The maximum atomic E-state index is 6.82. The first-order valence-corrected chi connectivity index (χ1v) is 9.59. The van der Waals surface area contributed by atoms with E-state index in [9.17, 15) is 0 Å². The molecule has 19 heavy (non-hydrogen) atoms. The average molecular weight is 362 g/mol. The van der Waals surface area contributed by atoms with Crippen LogP contribution in [-0.4, -0.2) is 0 Å². The molecular weight excluding hydrogens is 340 g/mol. The second-order valence-corrected chi connectivity index (χ2v) is 8.96. The zero-order chi connectivity index (χ0) is 13.4. The molecule has 2 saturated carbocycles. The predicted molar refractivity (Wildman–Crippen MR) is 88.1 cm³/mol. The predicted octanol–water partition coefficient (Wildman–Crippen LogP) is 6.71. The lowest BCUT2D eigenvalue weighted by molar-refractivity contribution is 0.128. The Morgan fingerprint density at radius 2 is 1.95 bits per heavy atom. The molecule has 0 aromatic carbocycles. The number of fused-ring (bicyclic) bond motifs is 1. The Labute approximate surface area is 134 Å². The number of hydrogen-bond acceptors (Lipinski definition) is 1. The highest BCUT2D eigenvalue weighted by molar-refractivity contribution is 9.10. The van der Waals surface area contributed by atoms with Crippen LogP contribution in [0.4, 0.5) is 0 Å². The summed E-state index contributed by atoms with van der Waals surface area (Å²) in [7, 11) is 0. The van der Waals surface area contributed by atoms with Gasteiger partial charge in [0, 0.05) is 14.2 Å². The fourth-order valence-corrected chi connectivity index (χ4v) is 6.66. The Hall–Kier alpha value is 0.470. The molecule has 0 amide bonds. The van der Waals surface area contributed by atoms with E-state index in [-0.39, 0.29) is 5.38 Å². The van der Waals surface area contributed by atoms with E-state index >= 15 is 0 Å². The fourth-order valence-electron chi connectivity index (χ4n) is 4.08. The van der Waals surface area contributed by atoms with Gasteiger partial charge in [-0.2, -0.15) is 0 Å². The summed E-state index contributed by atoms with van der Waals surface area (Å²) in [6.45, 7) is 2.17. The lowest BCUT2D eigenvalue weighted by Gasteiger charge is -2.40. The van der Waals surface area contributed by atoms with Gasteiger partial charge in [0.25, 0.3) is 0 Å². The van der Waals surface area contributed by atoms with Crippen LogP contribution in [0.1, 0.15) is 60.1 Å². The highest BCUT2D eigenvalue weighted by Gasteiger charge is 2.36. The Kier molecular flexibility index (Phi) is 4.60. The van der Waals surface area contributed by atoms with Crippen molar-refractivity contribution < 1.29 is 0 Å². The molecule has 106 valence electrons. The van der Waals surface area contributed by atoms with Crippen molar-refractivity contribution in [2.24, 2.45) is 17.8 Å². The summed E-state index contributed by atoms with van der Waals surface area (Å²) in [5.41, 5.74) is 0. The lowest BCUT2D eigenvalue weighted by atomic mass is 9.67. The summed E-state index contributed by atoms with van der Waals surface area (Å²) >= 11 is 12.4. The molecule has 0 spiro atoms. The largest absolute Gasteiger partial charge is 0.143 e. The number of rotatable bonds is 2. The van der Waals surface area contributed by atoms with Gasteiger partial charge in [-0.05, 0) is 65.9 Å². The van der Waals surface area contributed by atoms with Gasteiger partial charge in [-0.25, -0.2) is 0 Å². The normalized spacial score (nSPS) is 32.9. The van der Waals surface area contributed by atoms with Crippen molar-refractivity contribution in [1.82, 2.24) is 0 Å². The van der Waals surface area contributed by atoms with Crippen molar-refractivity contribution in [2.45, 2.75) is 57.2 Å². The molecule has 4 atom stereocenters. The maximum Gasteiger partial charge on any atom is 0.0718 e. The van der Waals surface area contributed by atoms with E-state index in [2.05, 4.69) is 28.9 Å². The van der Waals surface area contributed by atoms with Crippen LogP contribution in [0.5, 0.6) is 0 Å². The minimum absolute atomic E-state index is 0.218. The van der Waals surface area contributed by atoms with Gasteiger partial charge in [-0.3, -0.25) is 0 Å². The minimum Gasteiger partial charge on any atom is -0.143 e. The van der Waals surface area contributed by atoms with E-state index in [1.807, 2.05) is 11.3 Å². The molecule has 2 aliphatic carbocycles. The van der Waals surface area contributed by atoms with Crippen LogP contribution >= 0.6 is 38.9 Å². The van der Waals surface area contributed by atoms with Crippen molar-refractivity contribution in [3.63, 3.8) is 0 Å². The third kappa shape index (κ3) is 3.06. The molecule has 0 aliphatic heterocycles. The molecule has 1 aromatic heterocycles. The van der Waals surface area contributed by atoms with Crippen molar-refractivity contribution in [3.05, 3.63) is 20.3 Å². The molecule has 4 unspecified atom stereocenters. The zero-order valence-corrected chi connectivity index (χ0v) is 14.7. The summed E-state index contributed by atoms with van der Waals surface area (Å²) < 4.78 is 1.22. The van der Waals surface area contributed by atoms with Gasteiger partial charge in [-0.15, -0.1) is 22.9 Å². The van der Waals surface area contributed by atoms with Crippen molar-refractivity contribution >= 4 is 38.9 Å². The van der Waals surface area contributed by atoms with Gasteiger partial charge < -0.3 is 0 Å². The van der Waals surface area contributed by atoms with Crippen LogP contribution < -0.4 is 0 Å². The van der Waals surface area contributed by atoms with Gasteiger partial charge in [0.2, 0.25) is 0 Å². The van der Waals surface area contributed by atoms with Gasteiger partial charge in [0.05, 0.1) is 5.38 Å². The molecule has 2 aliphatic rings. The van der Waals surface area contributed by atoms with Gasteiger partial charge in [0.15, 0.2) is 0 Å². The Morgan fingerprint density at radius 1 is 1.21 bits per heavy atom. The molecular formula is C16H22BrClS. The number of halogens is 2. The Balaban J connectivity index is 1.70. The monoisotopic (exact) mass is 360 g/mol. The molecule has 0 radical (unpaired) electrons. The molecule has 0 N–H and O–H groups in total. The Morgan fingerprint density at radius 3 is 2.63 bits per heavy atom. The highest BCUT2D eigenvalue weighted by Crippen LogP contribution is 2.50. The first-order chi connectivity index (χ1) is 9.15. The van der Waals surface area contributed by atoms with E-state index in [1.165, 1.54) is 59.2 Å². The molecule has 3 heteroatoms. The van der Waals surface area contributed by atoms with Crippen LogP contribution in [0.25, 0.3) is 0 Å². The smallest absolute Gasteiger partial charge is 0.0718 e. The number of alkyl halides is 1. The first kappa shape index (κ1) is 14.4. The third-order valence-electron chi connectivity index (χ3n) is 5.08. The second kappa shape index (κ2) is 6.07. The number of aryl methyl sites for hydroxylation is 1. The maximum absolute atomic E-state index is 6.82. The van der Waals surface area contributed by atoms with Crippen molar-refractivity contribution in [1.29, 1.82) is 0 Å². The van der Waals surface area contributed by atoms with Gasteiger partial charge in [-0.1, -0.05) is 25.7 Å². The lowest BCUT2D eigenvalue weighted by Crippen LogP contribution is -2.29. The standard InChI is InChI=1S/C16H22BrClS/c1-10-8-14(17)16(19-10)15(18)13-7-6-11-4-2-3-5-12(11)9-13/h8,11-13,15H,2-7,9H2,1H3. The summed E-state index contributed by atoms with van der Waals surface area (Å²) in [5, 5.41) is 0.218. The van der Waals surface area contributed by atoms with E-state index < -0.39 is 0 Å². The average Bonchev–Trinajstić information content (AvgIpc) is 2.76. The van der Waals surface area contributed by atoms with E-state index in [4.69, 9.17) is 11.6 Å². The van der Waals surface area contributed by atoms with Crippen LogP contribution in [0.15, 0.2) is 10.5 Å². The second-order valence-electron chi connectivity index (χ2n) is 6.35. The molecule has 0 bridgehead atoms. The van der Waals surface area contributed by atoms with E-state index in [1.54, 1.807) is 0 Å². The van der Waals surface area contributed by atoms with Crippen molar-refractivity contribution in [3.8, 4) is 0 Å². The van der Waals surface area contributed by atoms with Crippen LogP contribution in [0.2, 0.25) is 0 Å². The van der Waals surface area contributed by atoms with Gasteiger partial charge >= 0.3 is 0 Å². The summed E-state index contributed by atoms with van der Waals surface area (Å²) in [6.07, 6.45) is 9.96. The molecule has 1 heterocycles. The van der Waals surface area contributed by atoms with Crippen LogP contribution in [0, 0.1) is 24.7 Å². The highest BCUT2D eigenvalue weighted by atomic mass is 79.9. The molecule has 1 aromatic rings. The quantitative estimate of drug-likeness (QED) is 0.514. The van der Waals surface area contributed by atoms with Crippen LogP contribution in [-0.2, 0) is 0 Å². The zero-order valence-electron chi connectivity index (χ0n) is 11.5. The topological polar surface area (TPSA) is 0 Å². The number of hydrogen-bond donors (Lipinski definition) is 0.